The van der Waals surface area contributed by atoms with Gasteiger partial charge >= 0.3 is 0 Å². The second kappa shape index (κ2) is 4.95. The van der Waals surface area contributed by atoms with E-state index < -0.39 is 5.60 Å². The maximum absolute atomic E-state index is 11.1. The first-order chi connectivity index (χ1) is 8.43. The molecular formula is C15H25NOS. The minimum atomic E-state index is -0.792. The maximum atomic E-state index is 11.1. The third-order valence-corrected chi connectivity index (χ3v) is 6.19. The van der Waals surface area contributed by atoms with Crippen LogP contribution in [-0.2, 0) is 5.60 Å². The van der Waals surface area contributed by atoms with Crippen molar-refractivity contribution in [1.82, 2.24) is 0 Å². The summed E-state index contributed by atoms with van der Waals surface area (Å²) >= 11 is 1.66. The predicted molar refractivity (Wildman–Crippen MR) is 77.7 cm³/mol. The summed E-state index contributed by atoms with van der Waals surface area (Å²) < 4.78 is 0. The molecule has 0 amide bonds. The van der Waals surface area contributed by atoms with Gasteiger partial charge in [-0.05, 0) is 49.6 Å². The van der Waals surface area contributed by atoms with Crippen LogP contribution in [0.4, 0.5) is 0 Å². The lowest BCUT2D eigenvalue weighted by Crippen LogP contribution is -2.50. The summed E-state index contributed by atoms with van der Waals surface area (Å²) in [5.74, 6) is 0.768. The summed E-state index contributed by atoms with van der Waals surface area (Å²) in [7, 11) is 0. The standard InChI is InChI=1S/C15H25NOS/c1-11-4-7-15(10-16,8-5-11)14(3,17)13-12(2)6-9-18-13/h6,9,11,17H,4-5,7-8,10,16H2,1-3H3. The molecule has 0 aliphatic heterocycles. The largest absolute Gasteiger partial charge is 0.384 e. The zero-order valence-corrected chi connectivity index (χ0v) is 12.5. The summed E-state index contributed by atoms with van der Waals surface area (Å²) in [4.78, 5) is 1.10. The number of hydrogen-bond acceptors (Lipinski definition) is 3. The number of thiophene rings is 1. The Balaban J connectivity index is 2.34. The minimum absolute atomic E-state index is 0.144. The van der Waals surface area contributed by atoms with E-state index in [-0.39, 0.29) is 5.41 Å². The van der Waals surface area contributed by atoms with Crippen LogP contribution in [0.2, 0.25) is 0 Å². The number of nitrogens with two attached hydrogens (primary N) is 1. The minimum Gasteiger partial charge on any atom is -0.384 e. The van der Waals surface area contributed by atoms with E-state index in [1.807, 2.05) is 6.92 Å². The number of hydrogen-bond donors (Lipinski definition) is 2. The molecule has 1 heterocycles. The van der Waals surface area contributed by atoms with Gasteiger partial charge in [0.05, 0.1) is 0 Å². The van der Waals surface area contributed by atoms with Crippen LogP contribution in [0.3, 0.4) is 0 Å². The van der Waals surface area contributed by atoms with Crippen LogP contribution in [0.15, 0.2) is 11.4 Å². The second-order valence-electron chi connectivity index (χ2n) is 6.17. The van der Waals surface area contributed by atoms with E-state index in [1.54, 1.807) is 11.3 Å². The second-order valence-corrected chi connectivity index (χ2v) is 7.09. The first kappa shape index (κ1) is 14.0. The van der Waals surface area contributed by atoms with Gasteiger partial charge in [-0.25, -0.2) is 0 Å². The molecule has 0 aromatic carbocycles. The predicted octanol–water partition coefficient (Wildman–Crippen LogP) is 3.42. The molecular weight excluding hydrogens is 242 g/mol. The molecule has 1 atom stereocenters. The average molecular weight is 267 g/mol. The van der Waals surface area contributed by atoms with E-state index in [0.29, 0.717) is 6.54 Å². The molecule has 2 nitrogen and oxygen atoms in total. The van der Waals surface area contributed by atoms with Gasteiger partial charge in [0.2, 0.25) is 0 Å². The van der Waals surface area contributed by atoms with Crippen molar-refractivity contribution in [1.29, 1.82) is 0 Å². The topological polar surface area (TPSA) is 46.2 Å². The van der Waals surface area contributed by atoms with Crippen molar-refractivity contribution in [3.05, 3.63) is 21.9 Å². The van der Waals surface area contributed by atoms with Crippen LogP contribution >= 0.6 is 11.3 Å². The lowest BCUT2D eigenvalue weighted by atomic mass is 9.61. The average Bonchev–Trinajstić information content (AvgIpc) is 2.77. The number of aliphatic hydroxyl groups is 1. The molecule has 1 aromatic heterocycles. The Kier molecular flexibility index (Phi) is 3.86. The number of rotatable bonds is 3. The molecule has 1 fully saturated rings. The molecule has 1 aliphatic rings. The SMILES string of the molecule is Cc1ccsc1C(C)(O)C1(CN)CCC(C)CC1. The molecule has 0 bridgehead atoms. The van der Waals surface area contributed by atoms with Crippen LogP contribution in [0.1, 0.15) is 50.0 Å². The van der Waals surface area contributed by atoms with Gasteiger partial charge < -0.3 is 10.8 Å². The van der Waals surface area contributed by atoms with Crippen molar-refractivity contribution >= 4 is 11.3 Å². The lowest BCUT2D eigenvalue weighted by molar-refractivity contribution is -0.0948. The molecule has 1 unspecified atom stereocenters. The first-order valence-electron chi connectivity index (χ1n) is 6.90. The van der Waals surface area contributed by atoms with Crippen LogP contribution in [0, 0.1) is 18.3 Å². The third-order valence-electron chi connectivity index (χ3n) is 4.96. The zero-order chi connectivity index (χ0) is 13.4. The van der Waals surface area contributed by atoms with Crippen LogP contribution in [-0.4, -0.2) is 11.7 Å². The molecule has 3 N–H and O–H groups in total. The molecule has 3 heteroatoms. The summed E-state index contributed by atoms with van der Waals surface area (Å²) in [6, 6.07) is 2.09. The van der Waals surface area contributed by atoms with E-state index in [2.05, 4.69) is 25.3 Å². The fourth-order valence-electron chi connectivity index (χ4n) is 3.32. The molecule has 18 heavy (non-hydrogen) atoms. The van der Waals surface area contributed by atoms with Crippen molar-refractivity contribution in [3.8, 4) is 0 Å². The van der Waals surface area contributed by atoms with E-state index in [9.17, 15) is 5.11 Å². The highest BCUT2D eigenvalue weighted by Gasteiger charge is 2.49. The van der Waals surface area contributed by atoms with Gasteiger partial charge in [0.25, 0.3) is 0 Å². The number of aryl methyl sites for hydroxylation is 1. The Bertz CT molecular complexity index is 402. The Hall–Kier alpha value is -0.380. The van der Waals surface area contributed by atoms with Gasteiger partial charge in [-0.2, -0.15) is 0 Å². The van der Waals surface area contributed by atoms with Gasteiger partial charge in [-0.1, -0.05) is 19.8 Å². The lowest BCUT2D eigenvalue weighted by Gasteiger charge is -2.48. The quantitative estimate of drug-likeness (QED) is 0.881. The van der Waals surface area contributed by atoms with E-state index in [1.165, 1.54) is 18.4 Å². The highest BCUT2D eigenvalue weighted by Crippen LogP contribution is 2.51. The van der Waals surface area contributed by atoms with Gasteiger partial charge in [0, 0.05) is 16.8 Å². The van der Waals surface area contributed by atoms with Crippen molar-refractivity contribution in [2.45, 2.75) is 52.1 Å². The fraction of sp³-hybridized carbons (Fsp3) is 0.733. The first-order valence-corrected chi connectivity index (χ1v) is 7.78. The molecule has 1 aromatic rings. The normalized spacial score (nSPS) is 32.2. The van der Waals surface area contributed by atoms with Crippen molar-refractivity contribution in [2.24, 2.45) is 17.1 Å². The Morgan fingerprint density at radius 2 is 2.11 bits per heavy atom. The maximum Gasteiger partial charge on any atom is 0.103 e. The van der Waals surface area contributed by atoms with Crippen molar-refractivity contribution in [2.75, 3.05) is 6.54 Å². The molecule has 102 valence electrons. The van der Waals surface area contributed by atoms with Gasteiger partial charge in [0.1, 0.15) is 5.60 Å². The smallest absolute Gasteiger partial charge is 0.103 e. The summed E-state index contributed by atoms with van der Waals surface area (Å²) in [6.07, 6.45) is 4.43. The fourth-order valence-corrected chi connectivity index (χ4v) is 4.42. The van der Waals surface area contributed by atoms with Gasteiger partial charge in [0.15, 0.2) is 0 Å². The molecule has 1 aliphatic carbocycles. The zero-order valence-electron chi connectivity index (χ0n) is 11.7. The molecule has 0 saturated heterocycles. The van der Waals surface area contributed by atoms with Crippen molar-refractivity contribution < 1.29 is 5.11 Å². The van der Waals surface area contributed by atoms with Gasteiger partial charge in [-0.3, -0.25) is 0 Å². The highest BCUT2D eigenvalue weighted by molar-refractivity contribution is 7.10. The van der Waals surface area contributed by atoms with E-state index in [4.69, 9.17) is 5.73 Å². The summed E-state index contributed by atoms with van der Waals surface area (Å²) in [5, 5.41) is 13.2. The monoisotopic (exact) mass is 267 g/mol. The van der Waals surface area contributed by atoms with E-state index in [0.717, 1.165) is 23.6 Å². The van der Waals surface area contributed by atoms with Crippen LogP contribution < -0.4 is 5.73 Å². The van der Waals surface area contributed by atoms with Crippen molar-refractivity contribution in [3.63, 3.8) is 0 Å². The highest BCUT2D eigenvalue weighted by atomic mass is 32.1. The molecule has 2 rings (SSSR count). The summed E-state index contributed by atoms with van der Waals surface area (Å²) in [6.45, 7) is 6.92. The Labute approximate surface area is 114 Å². The Morgan fingerprint density at radius 1 is 1.50 bits per heavy atom. The van der Waals surface area contributed by atoms with Gasteiger partial charge in [-0.15, -0.1) is 11.3 Å². The molecule has 0 spiro atoms. The Morgan fingerprint density at radius 3 is 2.56 bits per heavy atom. The van der Waals surface area contributed by atoms with E-state index >= 15 is 0 Å². The third kappa shape index (κ3) is 2.13. The molecule has 0 radical (unpaired) electrons. The van der Waals surface area contributed by atoms with Crippen LogP contribution in [0.5, 0.6) is 0 Å². The van der Waals surface area contributed by atoms with Crippen LogP contribution in [0.25, 0.3) is 0 Å². The summed E-state index contributed by atoms with van der Waals surface area (Å²) in [5.41, 5.74) is 6.33. The molecule has 1 saturated carbocycles.